The quantitative estimate of drug-likeness (QED) is 0.449. The van der Waals surface area contributed by atoms with Gasteiger partial charge in [0.05, 0.1) is 5.41 Å². The molecule has 1 N–H and O–H groups in total. The van der Waals surface area contributed by atoms with E-state index in [-0.39, 0.29) is 23.7 Å². The number of carbonyl (C=O) groups is 2. The Morgan fingerprint density at radius 3 is 2.53 bits per heavy atom. The molecule has 0 aromatic heterocycles. The van der Waals surface area contributed by atoms with Gasteiger partial charge in [-0.25, -0.2) is 0 Å². The zero-order valence-corrected chi connectivity index (χ0v) is 22.6. The molecule has 0 radical (unpaired) electrons. The number of nitrogens with one attached hydrogen (secondary N) is 1. The lowest BCUT2D eigenvalue weighted by Crippen LogP contribution is -2.65. The smallest absolute Gasteiger partial charge is 0.250 e. The molecule has 3 fully saturated rings. The molecule has 38 heavy (non-hydrogen) atoms. The summed E-state index contributed by atoms with van der Waals surface area (Å²) in [5.41, 5.74) is 2.20. The topological polar surface area (TPSA) is 52.7 Å². The van der Waals surface area contributed by atoms with Crippen LogP contribution < -0.4 is 5.32 Å². The van der Waals surface area contributed by atoms with Gasteiger partial charge in [-0.3, -0.25) is 14.5 Å². The molecule has 3 saturated heterocycles. The number of nitrogens with zero attached hydrogens (tertiary/aromatic N) is 2. The summed E-state index contributed by atoms with van der Waals surface area (Å²) in [6.07, 6.45) is 2.01. The molecule has 2 spiro atoms. The van der Waals surface area contributed by atoms with Gasteiger partial charge in [-0.2, -0.15) is 0 Å². The van der Waals surface area contributed by atoms with Crippen molar-refractivity contribution >= 4 is 46.8 Å². The fraction of sp³-hybridized carbons (Fsp3) is 0.290. The second-order valence-corrected chi connectivity index (χ2v) is 12.3. The third kappa shape index (κ3) is 3.15. The Kier molecular flexibility index (Phi) is 5.61. The van der Waals surface area contributed by atoms with Gasteiger partial charge in [-0.05, 0) is 42.4 Å². The number of rotatable bonds is 2. The van der Waals surface area contributed by atoms with Gasteiger partial charge in [-0.1, -0.05) is 72.3 Å². The number of carbonyl (C=O) groups excluding carboxylic acids is 2. The first-order chi connectivity index (χ1) is 18.5. The van der Waals surface area contributed by atoms with Crippen molar-refractivity contribution in [2.75, 3.05) is 37.1 Å². The highest BCUT2D eigenvalue weighted by atomic mass is 35.5. The van der Waals surface area contributed by atoms with Gasteiger partial charge in [0.1, 0.15) is 5.54 Å². The number of halogens is 1. The minimum Gasteiger partial charge on any atom is -0.324 e. The van der Waals surface area contributed by atoms with Crippen LogP contribution in [0, 0.1) is 5.41 Å². The normalized spacial score (nSPS) is 31.8. The van der Waals surface area contributed by atoms with Gasteiger partial charge in [0.25, 0.3) is 5.91 Å². The molecule has 0 unspecified atom stereocenters. The fourth-order valence-electron chi connectivity index (χ4n) is 7.63. The Labute approximate surface area is 231 Å². The number of likely N-dealkylation sites (N-methyl/N-ethyl adjacent to an activating group) is 1. The Morgan fingerprint density at radius 1 is 1.03 bits per heavy atom. The van der Waals surface area contributed by atoms with Gasteiger partial charge < -0.3 is 10.2 Å². The summed E-state index contributed by atoms with van der Waals surface area (Å²) in [5, 5.41) is 3.74. The minimum absolute atomic E-state index is 0.0338. The predicted molar refractivity (Wildman–Crippen MR) is 153 cm³/mol. The van der Waals surface area contributed by atoms with Crippen LogP contribution in [-0.4, -0.2) is 59.3 Å². The molecule has 3 aromatic rings. The first-order valence-electron chi connectivity index (χ1n) is 13.0. The highest BCUT2D eigenvalue weighted by Crippen LogP contribution is 2.68. The van der Waals surface area contributed by atoms with E-state index in [0.29, 0.717) is 24.0 Å². The number of ketones is 1. The van der Waals surface area contributed by atoms with Gasteiger partial charge in [-0.15, -0.1) is 11.8 Å². The Balaban J connectivity index is 1.55. The van der Waals surface area contributed by atoms with Crippen LogP contribution >= 0.6 is 23.4 Å². The number of benzene rings is 3. The molecule has 4 aliphatic heterocycles. The number of hydrogen-bond acceptors (Lipinski definition) is 5. The number of thioether (sulfide) groups is 1. The van der Waals surface area contributed by atoms with Crippen molar-refractivity contribution in [2.24, 2.45) is 5.41 Å². The average Bonchev–Trinajstić information content (AvgIpc) is 3.56. The van der Waals surface area contributed by atoms with Crippen LogP contribution in [0.15, 0.2) is 84.4 Å². The van der Waals surface area contributed by atoms with Crippen molar-refractivity contribution in [3.8, 4) is 0 Å². The van der Waals surface area contributed by atoms with E-state index in [1.807, 2.05) is 84.6 Å². The number of anilines is 1. The van der Waals surface area contributed by atoms with Crippen LogP contribution in [0.4, 0.5) is 5.69 Å². The molecule has 7 heteroatoms. The molecular formula is C31H28ClN3O2S. The number of piperidine rings is 1. The van der Waals surface area contributed by atoms with Crippen LogP contribution in [0.2, 0.25) is 5.02 Å². The van der Waals surface area contributed by atoms with E-state index in [2.05, 4.69) is 34.3 Å². The molecule has 4 atom stereocenters. The van der Waals surface area contributed by atoms with Gasteiger partial charge >= 0.3 is 0 Å². The van der Waals surface area contributed by atoms with E-state index >= 15 is 4.79 Å². The van der Waals surface area contributed by atoms with E-state index in [4.69, 9.17) is 11.6 Å². The summed E-state index contributed by atoms with van der Waals surface area (Å²) in [6.45, 7) is 1.02. The Hall–Kier alpha value is -2.90. The van der Waals surface area contributed by atoms with Crippen LogP contribution in [0.1, 0.15) is 22.6 Å². The predicted octanol–water partition coefficient (Wildman–Crippen LogP) is 5.24. The summed E-state index contributed by atoms with van der Waals surface area (Å²) < 4.78 is 0. The van der Waals surface area contributed by atoms with Gasteiger partial charge in [0, 0.05) is 58.5 Å². The van der Waals surface area contributed by atoms with E-state index in [0.717, 1.165) is 33.7 Å². The largest absolute Gasteiger partial charge is 0.324 e. The maximum Gasteiger partial charge on any atom is 0.250 e. The molecule has 4 aliphatic rings. The van der Waals surface area contributed by atoms with Gasteiger partial charge in [0.15, 0.2) is 5.78 Å². The van der Waals surface area contributed by atoms with Crippen LogP contribution in [0.25, 0.3) is 6.08 Å². The van der Waals surface area contributed by atoms with Crippen LogP contribution in [0.3, 0.4) is 0 Å². The molecule has 192 valence electrons. The lowest BCUT2D eigenvalue weighted by molar-refractivity contribution is -0.146. The van der Waals surface area contributed by atoms with E-state index in [9.17, 15) is 4.79 Å². The molecule has 5 nitrogen and oxygen atoms in total. The van der Waals surface area contributed by atoms with Crippen molar-refractivity contribution in [2.45, 2.75) is 17.5 Å². The Morgan fingerprint density at radius 2 is 1.76 bits per heavy atom. The second kappa shape index (κ2) is 8.82. The van der Waals surface area contributed by atoms with Crippen molar-refractivity contribution in [3.05, 3.63) is 106 Å². The molecule has 0 bridgehead atoms. The average molecular weight is 542 g/mol. The molecule has 7 rings (SSSR count). The number of fused-ring (bicyclic) bond motifs is 5. The maximum absolute atomic E-state index is 15.2. The third-order valence-electron chi connectivity index (χ3n) is 8.82. The third-order valence-corrected chi connectivity index (χ3v) is 10.1. The lowest BCUT2D eigenvalue weighted by Gasteiger charge is -2.51. The molecular weight excluding hydrogens is 514 g/mol. The highest BCUT2D eigenvalue weighted by molar-refractivity contribution is 7.99. The first-order valence-corrected chi connectivity index (χ1v) is 14.5. The Bertz CT molecular complexity index is 1480. The minimum atomic E-state index is -1.16. The van der Waals surface area contributed by atoms with E-state index in [1.54, 1.807) is 0 Å². The summed E-state index contributed by atoms with van der Waals surface area (Å²) in [5.74, 6) is 1.33. The fourth-order valence-corrected chi connectivity index (χ4v) is 9.10. The van der Waals surface area contributed by atoms with Crippen molar-refractivity contribution in [3.63, 3.8) is 0 Å². The maximum atomic E-state index is 15.2. The zero-order chi connectivity index (χ0) is 26.1. The molecule has 0 saturated carbocycles. The summed E-state index contributed by atoms with van der Waals surface area (Å²) >= 11 is 8.42. The number of likely N-dealkylation sites (tertiary alicyclic amines) is 1. The monoisotopic (exact) mass is 541 g/mol. The van der Waals surface area contributed by atoms with Crippen molar-refractivity contribution < 1.29 is 9.59 Å². The first kappa shape index (κ1) is 24.2. The van der Waals surface area contributed by atoms with E-state index < -0.39 is 11.0 Å². The highest BCUT2D eigenvalue weighted by Gasteiger charge is 2.78. The van der Waals surface area contributed by atoms with Crippen LogP contribution in [-0.2, 0) is 15.1 Å². The standard InChI is InChI=1S/C31H28ClN3O2S/c1-34-16-22(14-20-8-4-2-5-9-20)28(36)30(18-34)27(21-10-6-3-7-11-21)26-17-38-19-35(26)31(30)24-15-23(32)12-13-25(24)33-29(31)37/h2-15,26-27H,16-19H2,1H3,(H,33,37)/b22-14+/t26-,27-,30-,31-/m0/s1. The zero-order valence-electron chi connectivity index (χ0n) is 21.1. The van der Waals surface area contributed by atoms with Crippen molar-refractivity contribution in [1.82, 2.24) is 9.80 Å². The number of amides is 1. The summed E-state index contributed by atoms with van der Waals surface area (Å²) in [4.78, 5) is 34.2. The lowest BCUT2D eigenvalue weighted by atomic mass is 9.55. The summed E-state index contributed by atoms with van der Waals surface area (Å²) in [7, 11) is 2.06. The van der Waals surface area contributed by atoms with Gasteiger partial charge in [0.2, 0.25) is 0 Å². The molecule has 0 aliphatic carbocycles. The number of Topliss-reactive ketones (excluding diaryl/α,β-unsaturated/α-hetero) is 1. The SMILES string of the molecule is CN1C/C(=C\c2ccccc2)C(=O)[C@]2(C1)[C@@H](c1ccccc1)[C@@H]1CSCN1[C@@]21C(=O)Nc2ccc(Cl)cc21. The second-order valence-electron chi connectivity index (χ2n) is 10.8. The summed E-state index contributed by atoms with van der Waals surface area (Å²) in [6, 6.07) is 26.0. The van der Waals surface area contributed by atoms with E-state index in [1.165, 1.54) is 0 Å². The molecule has 1 amide bonds. The molecule has 3 aromatic carbocycles. The van der Waals surface area contributed by atoms with Crippen molar-refractivity contribution in [1.29, 1.82) is 0 Å². The number of hydrogen-bond donors (Lipinski definition) is 1. The molecule has 4 heterocycles. The van der Waals surface area contributed by atoms with Crippen LogP contribution in [0.5, 0.6) is 0 Å².